The molecule has 1 aliphatic rings. The van der Waals surface area contributed by atoms with Gasteiger partial charge in [-0.1, -0.05) is 23.7 Å². The lowest BCUT2D eigenvalue weighted by atomic mass is 9.74. The first kappa shape index (κ1) is 13.8. The van der Waals surface area contributed by atoms with Crippen LogP contribution in [0.25, 0.3) is 0 Å². The molecule has 2 rings (SSSR count). The first-order chi connectivity index (χ1) is 7.27. The Morgan fingerprint density at radius 2 is 2.00 bits per heavy atom. The summed E-state index contributed by atoms with van der Waals surface area (Å²) in [7, 11) is 0. The zero-order valence-electron chi connectivity index (χ0n) is 9.12. The SMILES string of the molecule is Cl.NCC1(c2cccc(Cl)c2)CCOCC1. The molecule has 0 aromatic heterocycles. The lowest BCUT2D eigenvalue weighted by molar-refractivity contribution is 0.0529. The summed E-state index contributed by atoms with van der Waals surface area (Å²) in [5.41, 5.74) is 7.25. The molecule has 4 heteroatoms. The summed E-state index contributed by atoms with van der Waals surface area (Å²) in [5, 5.41) is 0.784. The van der Waals surface area contributed by atoms with Gasteiger partial charge in [-0.2, -0.15) is 0 Å². The smallest absolute Gasteiger partial charge is 0.0475 e. The van der Waals surface area contributed by atoms with E-state index in [-0.39, 0.29) is 17.8 Å². The zero-order valence-corrected chi connectivity index (χ0v) is 10.7. The molecule has 0 aliphatic carbocycles. The summed E-state index contributed by atoms with van der Waals surface area (Å²) < 4.78 is 5.39. The second kappa shape index (κ2) is 5.87. The average Bonchev–Trinajstić information content (AvgIpc) is 2.30. The van der Waals surface area contributed by atoms with Crippen molar-refractivity contribution in [2.45, 2.75) is 18.3 Å². The fraction of sp³-hybridized carbons (Fsp3) is 0.500. The highest BCUT2D eigenvalue weighted by Gasteiger charge is 2.32. The van der Waals surface area contributed by atoms with Gasteiger partial charge in [0.15, 0.2) is 0 Å². The van der Waals surface area contributed by atoms with Gasteiger partial charge in [0.2, 0.25) is 0 Å². The summed E-state index contributed by atoms with van der Waals surface area (Å²) in [4.78, 5) is 0. The van der Waals surface area contributed by atoms with Gasteiger partial charge >= 0.3 is 0 Å². The van der Waals surface area contributed by atoms with Gasteiger partial charge < -0.3 is 10.5 Å². The van der Waals surface area contributed by atoms with E-state index in [0.29, 0.717) is 6.54 Å². The standard InChI is InChI=1S/C12H16ClNO.ClH/c13-11-3-1-2-10(8-11)12(9-14)4-6-15-7-5-12;/h1-3,8H,4-7,9,14H2;1H. The summed E-state index contributed by atoms with van der Waals surface area (Å²) in [5.74, 6) is 0. The van der Waals surface area contributed by atoms with Gasteiger partial charge in [-0.25, -0.2) is 0 Å². The quantitative estimate of drug-likeness (QED) is 0.889. The Kier molecular flexibility index (Phi) is 5.06. The molecule has 2 nitrogen and oxygen atoms in total. The first-order valence-electron chi connectivity index (χ1n) is 5.31. The average molecular weight is 262 g/mol. The van der Waals surface area contributed by atoms with Crippen molar-refractivity contribution in [2.75, 3.05) is 19.8 Å². The maximum atomic E-state index is 6.01. The van der Waals surface area contributed by atoms with Gasteiger partial charge in [0.1, 0.15) is 0 Å². The number of benzene rings is 1. The Labute approximate surface area is 108 Å². The van der Waals surface area contributed by atoms with Crippen molar-refractivity contribution in [3.63, 3.8) is 0 Å². The van der Waals surface area contributed by atoms with Crippen molar-refractivity contribution in [2.24, 2.45) is 5.73 Å². The molecule has 1 saturated heterocycles. The summed E-state index contributed by atoms with van der Waals surface area (Å²) >= 11 is 6.01. The van der Waals surface area contributed by atoms with Gasteiger partial charge in [0, 0.05) is 30.2 Å². The Bertz CT molecular complexity index is 338. The second-order valence-electron chi connectivity index (χ2n) is 4.11. The maximum absolute atomic E-state index is 6.01. The molecule has 0 bridgehead atoms. The molecule has 0 spiro atoms. The third-order valence-corrected chi connectivity index (χ3v) is 3.51. The van der Waals surface area contributed by atoms with Crippen molar-refractivity contribution < 1.29 is 4.74 Å². The van der Waals surface area contributed by atoms with Crippen LogP contribution in [-0.2, 0) is 10.2 Å². The number of halogens is 2. The zero-order chi connectivity index (χ0) is 10.7. The van der Waals surface area contributed by atoms with Crippen LogP contribution in [0.4, 0.5) is 0 Å². The van der Waals surface area contributed by atoms with E-state index in [9.17, 15) is 0 Å². The highest BCUT2D eigenvalue weighted by molar-refractivity contribution is 6.30. The van der Waals surface area contributed by atoms with Gasteiger partial charge in [-0.15, -0.1) is 12.4 Å². The Morgan fingerprint density at radius 3 is 2.56 bits per heavy atom. The van der Waals surface area contributed by atoms with E-state index in [0.717, 1.165) is 31.1 Å². The van der Waals surface area contributed by atoms with Crippen molar-refractivity contribution in [3.8, 4) is 0 Å². The Balaban J connectivity index is 0.00000128. The van der Waals surface area contributed by atoms with Crippen LogP contribution in [0.5, 0.6) is 0 Å². The molecule has 1 fully saturated rings. The number of ether oxygens (including phenoxy) is 1. The normalized spacial score (nSPS) is 18.9. The molecule has 0 radical (unpaired) electrons. The van der Waals surface area contributed by atoms with Crippen LogP contribution in [-0.4, -0.2) is 19.8 Å². The molecule has 0 atom stereocenters. The molecule has 90 valence electrons. The third-order valence-electron chi connectivity index (χ3n) is 3.28. The molecular weight excluding hydrogens is 245 g/mol. The molecule has 0 amide bonds. The van der Waals surface area contributed by atoms with E-state index in [1.807, 2.05) is 18.2 Å². The lowest BCUT2D eigenvalue weighted by Crippen LogP contribution is -2.40. The molecule has 0 unspecified atom stereocenters. The molecule has 16 heavy (non-hydrogen) atoms. The van der Waals surface area contributed by atoms with Crippen molar-refractivity contribution in [1.29, 1.82) is 0 Å². The summed E-state index contributed by atoms with van der Waals surface area (Å²) in [6.45, 7) is 2.25. The van der Waals surface area contributed by atoms with Crippen molar-refractivity contribution >= 4 is 24.0 Å². The van der Waals surface area contributed by atoms with Crippen LogP contribution >= 0.6 is 24.0 Å². The van der Waals surface area contributed by atoms with Gasteiger partial charge in [-0.05, 0) is 30.5 Å². The third kappa shape index (κ3) is 2.69. The number of hydrogen-bond donors (Lipinski definition) is 1. The van der Waals surface area contributed by atoms with E-state index in [1.54, 1.807) is 0 Å². The van der Waals surface area contributed by atoms with Gasteiger partial charge in [0.25, 0.3) is 0 Å². The van der Waals surface area contributed by atoms with Crippen molar-refractivity contribution in [1.82, 2.24) is 0 Å². The molecule has 1 aliphatic heterocycles. The van der Waals surface area contributed by atoms with Gasteiger partial charge in [0.05, 0.1) is 0 Å². The maximum Gasteiger partial charge on any atom is 0.0475 e. The largest absolute Gasteiger partial charge is 0.381 e. The van der Waals surface area contributed by atoms with E-state index < -0.39 is 0 Å². The molecule has 1 aromatic rings. The Hall–Kier alpha value is -0.280. The molecular formula is C12H17Cl2NO. The minimum Gasteiger partial charge on any atom is -0.381 e. The topological polar surface area (TPSA) is 35.2 Å². The first-order valence-corrected chi connectivity index (χ1v) is 5.68. The van der Waals surface area contributed by atoms with Gasteiger partial charge in [-0.3, -0.25) is 0 Å². The predicted octanol–water partition coefficient (Wildman–Crippen LogP) is 2.77. The van der Waals surface area contributed by atoms with Crippen LogP contribution in [0.3, 0.4) is 0 Å². The Morgan fingerprint density at radius 1 is 1.31 bits per heavy atom. The van der Waals surface area contributed by atoms with E-state index in [2.05, 4.69) is 6.07 Å². The lowest BCUT2D eigenvalue weighted by Gasteiger charge is -2.36. The summed E-state index contributed by atoms with van der Waals surface area (Å²) in [6, 6.07) is 8.03. The molecule has 1 heterocycles. The highest BCUT2D eigenvalue weighted by atomic mass is 35.5. The van der Waals surface area contributed by atoms with Crippen LogP contribution in [0.15, 0.2) is 24.3 Å². The van der Waals surface area contributed by atoms with Crippen molar-refractivity contribution in [3.05, 3.63) is 34.9 Å². The minimum atomic E-state index is 0. The fourth-order valence-corrected chi connectivity index (χ4v) is 2.38. The predicted molar refractivity (Wildman–Crippen MR) is 69.5 cm³/mol. The molecule has 0 saturated carbocycles. The highest BCUT2D eigenvalue weighted by Crippen LogP contribution is 2.34. The summed E-state index contributed by atoms with van der Waals surface area (Å²) in [6.07, 6.45) is 1.98. The minimum absolute atomic E-state index is 0. The van der Waals surface area contributed by atoms with E-state index in [1.165, 1.54) is 5.56 Å². The molecule has 1 aromatic carbocycles. The number of nitrogens with two attached hydrogens (primary N) is 1. The monoisotopic (exact) mass is 261 g/mol. The van der Waals surface area contributed by atoms with Crippen LogP contribution in [0.2, 0.25) is 5.02 Å². The van der Waals surface area contributed by atoms with Crippen LogP contribution in [0.1, 0.15) is 18.4 Å². The van der Waals surface area contributed by atoms with Crippen LogP contribution < -0.4 is 5.73 Å². The van der Waals surface area contributed by atoms with E-state index in [4.69, 9.17) is 22.1 Å². The van der Waals surface area contributed by atoms with E-state index >= 15 is 0 Å². The second-order valence-corrected chi connectivity index (χ2v) is 4.54. The molecule has 2 N–H and O–H groups in total. The number of hydrogen-bond acceptors (Lipinski definition) is 2. The fourth-order valence-electron chi connectivity index (χ4n) is 2.19. The van der Waals surface area contributed by atoms with Crippen LogP contribution in [0, 0.1) is 0 Å². The number of rotatable bonds is 2.